The Morgan fingerprint density at radius 1 is 1.33 bits per heavy atom. The minimum absolute atomic E-state index is 0.00124. The number of imidazole rings is 1. The summed E-state index contributed by atoms with van der Waals surface area (Å²) in [5.74, 6) is 0. The molecule has 0 fully saturated rings. The lowest BCUT2D eigenvalue weighted by molar-refractivity contribution is 0.271. The topological polar surface area (TPSA) is 82.1 Å². The van der Waals surface area contributed by atoms with Crippen LogP contribution in [0.5, 0.6) is 0 Å². The van der Waals surface area contributed by atoms with Gasteiger partial charge in [0.25, 0.3) is 5.56 Å². The number of aliphatic hydroxyl groups excluding tert-OH is 1. The number of fused-ring (bicyclic) bond motifs is 1. The van der Waals surface area contributed by atoms with E-state index in [2.05, 4.69) is 4.98 Å². The van der Waals surface area contributed by atoms with Gasteiger partial charge in [0.1, 0.15) is 0 Å². The quantitative estimate of drug-likeness (QED) is 0.780. The number of hydrogen-bond acceptors (Lipinski definition) is 4. The summed E-state index contributed by atoms with van der Waals surface area (Å²) >= 11 is 0. The van der Waals surface area contributed by atoms with Gasteiger partial charge in [-0.1, -0.05) is 6.92 Å². The van der Waals surface area contributed by atoms with Gasteiger partial charge in [0.2, 0.25) is 0 Å². The Labute approximate surface area is 103 Å². The molecule has 2 aromatic heterocycles. The predicted octanol–water partition coefficient (Wildman–Crippen LogP) is -0.701. The number of aromatic nitrogens is 4. The molecule has 0 aromatic carbocycles. The molecule has 98 valence electrons. The van der Waals surface area contributed by atoms with Crippen LogP contribution >= 0.6 is 0 Å². The molecular weight excluding hydrogens is 236 g/mol. The molecular formula is C11H16N4O3. The fraction of sp³-hybridized carbons (Fsp3) is 0.545. The predicted molar refractivity (Wildman–Crippen MR) is 66.6 cm³/mol. The molecule has 0 bridgehead atoms. The van der Waals surface area contributed by atoms with Gasteiger partial charge in [-0.3, -0.25) is 13.9 Å². The van der Waals surface area contributed by atoms with E-state index in [0.717, 1.165) is 11.0 Å². The van der Waals surface area contributed by atoms with Gasteiger partial charge in [0.05, 0.1) is 19.5 Å². The van der Waals surface area contributed by atoms with Crippen LogP contribution in [0.2, 0.25) is 0 Å². The van der Waals surface area contributed by atoms with Gasteiger partial charge in [0.15, 0.2) is 11.2 Å². The Kier molecular flexibility index (Phi) is 3.33. The Hall–Kier alpha value is -1.89. The molecule has 0 saturated heterocycles. The molecule has 0 atom stereocenters. The van der Waals surface area contributed by atoms with Crippen LogP contribution in [0, 0.1) is 0 Å². The van der Waals surface area contributed by atoms with Crippen LogP contribution in [0.3, 0.4) is 0 Å². The smallest absolute Gasteiger partial charge is 0.332 e. The van der Waals surface area contributed by atoms with Crippen LogP contribution < -0.4 is 11.2 Å². The van der Waals surface area contributed by atoms with Crippen molar-refractivity contribution in [1.29, 1.82) is 0 Å². The van der Waals surface area contributed by atoms with Gasteiger partial charge in [-0.2, -0.15) is 0 Å². The van der Waals surface area contributed by atoms with Crippen LogP contribution in [0.15, 0.2) is 15.9 Å². The summed E-state index contributed by atoms with van der Waals surface area (Å²) in [5, 5.41) is 8.92. The van der Waals surface area contributed by atoms with Crippen LogP contribution in [-0.2, 0) is 20.1 Å². The first kappa shape index (κ1) is 12.6. The van der Waals surface area contributed by atoms with Gasteiger partial charge in [-0.25, -0.2) is 9.78 Å². The third-order valence-corrected chi connectivity index (χ3v) is 2.89. The SMILES string of the molecule is CCCn1cnc2c1c(=O)n(CCO)c(=O)n2C. The summed E-state index contributed by atoms with van der Waals surface area (Å²) in [6.07, 6.45) is 2.44. The molecule has 0 spiro atoms. The van der Waals surface area contributed by atoms with Crippen LogP contribution in [0.4, 0.5) is 0 Å². The molecule has 0 radical (unpaired) electrons. The van der Waals surface area contributed by atoms with Gasteiger partial charge in [-0.05, 0) is 6.42 Å². The molecule has 0 saturated carbocycles. The molecule has 0 amide bonds. The molecule has 0 aliphatic rings. The summed E-state index contributed by atoms with van der Waals surface area (Å²) in [6, 6.07) is 0. The first-order chi connectivity index (χ1) is 8.61. The lowest BCUT2D eigenvalue weighted by atomic mass is 10.4. The van der Waals surface area contributed by atoms with Gasteiger partial charge in [0, 0.05) is 13.6 Å². The van der Waals surface area contributed by atoms with Crippen molar-refractivity contribution >= 4 is 11.2 Å². The summed E-state index contributed by atoms with van der Waals surface area (Å²) in [6.45, 7) is 2.42. The van der Waals surface area contributed by atoms with E-state index in [-0.39, 0.29) is 13.2 Å². The summed E-state index contributed by atoms with van der Waals surface area (Å²) in [7, 11) is 1.57. The van der Waals surface area contributed by atoms with E-state index in [4.69, 9.17) is 5.11 Å². The second-order valence-corrected chi connectivity index (χ2v) is 4.13. The number of aliphatic hydroxyl groups is 1. The average Bonchev–Trinajstić information content (AvgIpc) is 2.76. The third kappa shape index (κ3) is 1.76. The van der Waals surface area contributed by atoms with Crippen molar-refractivity contribution in [2.24, 2.45) is 7.05 Å². The third-order valence-electron chi connectivity index (χ3n) is 2.89. The molecule has 7 heteroatoms. The molecule has 0 aliphatic heterocycles. The Morgan fingerprint density at radius 2 is 2.06 bits per heavy atom. The van der Waals surface area contributed by atoms with E-state index >= 15 is 0 Å². The standard InChI is InChI=1S/C11H16N4O3/c1-3-4-14-7-12-9-8(14)10(17)15(5-6-16)11(18)13(9)2/h7,16H,3-6H2,1-2H3. The van der Waals surface area contributed by atoms with E-state index < -0.39 is 11.2 Å². The van der Waals surface area contributed by atoms with Crippen molar-refractivity contribution in [3.8, 4) is 0 Å². The zero-order valence-electron chi connectivity index (χ0n) is 10.5. The number of rotatable bonds is 4. The molecule has 0 aliphatic carbocycles. The molecule has 1 N–H and O–H groups in total. The molecule has 0 unspecified atom stereocenters. The first-order valence-corrected chi connectivity index (χ1v) is 5.87. The van der Waals surface area contributed by atoms with E-state index in [1.54, 1.807) is 17.9 Å². The number of nitrogens with zero attached hydrogens (tertiary/aromatic N) is 4. The van der Waals surface area contributed by atoms with Crippen molar-refractivity contribution < 1.29 is 5.11 Å². The maximum Gasteiger partial charge on any atom is 0.332 e. The zero-order chi connectivity index (χ0) is 13.3. The minimum Gasteiger partial charge on any atom is -0.395 e. The number of aryl methyl sites for hydroxylation is 2. The Morgan fingerprint density at radius 3 is 2.67 bits per heavy atom. The second-order valence-electron chi connectivity index (χ2n) is 4.13. The molecule has 2 heterocycles. The van der Waals surface area contributed by atoms with Crippen molar-refractivity contribution in [2.75, 3.05) is 6.61 Å². The van der Waals surface area contributed by atoms with Crippen molar-refractivity contribution in [3.05, 3.63) is 27.2 Å². The van der Waals surface area contributed by atoms with Gasteiger partial charge in [-0.15, -0.1) is 0 Å². The highest BCUT2D eigenvalue weighted by Crippen LogP contribution is 2.06. The molecule has 7 nitrogen and oxygen atoms in total. The fourth-order valence-electron chi connectivity index (χ4n) is 2.03. The van der Waals surface area contributed by atoms with Crippen LogP contribution in [-0.4, -0.2) is 30.4 Å². The van der Waals surface area contributed by atoms with Gasteiger partial charge < -0.3 is 9.67 Å². The van der Waals surface area contributed by atoms with Crippen molar-refractivity contribution in [1.82, 2.24) is 18.7 Å². The highest BCUT2D eigenvalue weighted by molar-refractivity contribution is 5.69. The first-order valence-electron chi connectivity index (χ1n) is 5.87. The van der Waals surface area contributed by atoms with Crippen molar-refractivity contribution in [3.63, 3.8) is 0 Å². The zero-order valence-corrected chi connectivity index (χ0v) is 10.5. The monoisotopic (exact) mass is 252 g/mol. The average molecular weight is 252 g/mol. The normalized spacial score (nSPS) is 11.3. The van der Waals surface area contributed by atoms with E-state index in [0.29, 0.717) is 17.7 Å². The lowest BCUT2D eigenvalue weighted by Crippen LogP contribution is -2.40. The van der Waals surface area contributed by atoms with Crippen LogP contribution in [0.1, 0.15) is 13.3 Å². The molecule has 2 rings (SSSR count). The fourth-order valence-corrected chi connectivity index (χ4v) is 2.03. The summed E-state index contributed by atoms with van der Waals surface area (Å²) < 4.78 is 4.11. The highest BCUT2D eigenvalue weighted by Gasteiger charge is 2.15. The van der Waals surface area contributed by atoms with E-state index in [9.17, 15) is 9.59 Å². The Bertz CT molecular complexity index is 680. The maximum atomic E-state index is 12.2. The Balaban J connectivity index is 2.84. The molecule has 2 aromatic rings. The maximum absolute atomic E-state index is 12.2. The van der Waals surface area contributed by atoms with E-state index in [1.807, 2.05) is 6.92 Å². The lowest BCUT2D eigenvalue weighted by Gasteiger charge is -2.07. The second kappa shape index (κ2) is 4.77. The highest BCUT2D eigenvalue weighted by atomic mass is 16.3. The van der Waals surface area contributed by atoms with Crippen LogP contribution in [0.25, 0.3) is 11.2 Å². The van der Waals surface area contributed by atoms with Gasteiger partial charge >= 0.3 is 5.69 Å². The van der Waals surface area contributed by atoms with Crippen molar-refractivity contribution in [2.45, 2.75) is 26.4 Å². The largest absolute Gasteiger partial charge is 0.395 e. The summed E-state index contributed by atoms with van der Waals surface area (Å²) in [4.78, 5) is 28.3. The van der Waals surface area contributed by atoms with E-state index in [1.165, 1.54) is 4.57 Å². The number of hydrogen-bond donors (Lipinski definition) is 1. The summed E-state index contributed by atoms with van der Waals surface area (Å²) in [5.41, 5.74) is -0.0589. The minimum atomic E-state index is -0.455. The molecule has 18 heavy (non-hydrogen) atoms.